The summed E-state index contributed by atoms with van der Waals surface area (Å²) in [7, 11) is 0. The molecule has 4 heteroatoms. The number of carbonyl (C=O) groups is 1. The highest BCUT2D eigenvalue weighted by atomic mass is 32.1. The maximum Gasteiger partial charge on any atom is 0.243 e. The Morgan fingerprint density at radius 2 is 2.27 bits per heavy atom. The van der Waals surface area contributed by atoms with Crippen LogP contribution >= 0.6 is 11.3 Å². The van der Waals surface area contributed by atoms with Crippen LogP contribution in [0.2, 0.25) is 0 Å². The molecule has 3 nitrogen and oxygen atoms in total. The predicted molar refractivity (Wildman–Crippen MR) is 61.6 cm³/mol. The van der Waals surface area contributed by atoms with Crippen molar-refractivity contribution in [1.29, 1.82) is 0 Å². The summed E-state index contributed by atoms with van der Waals surface area (Å²) in [5, 5.41) is 2.01. The molecule has 0 spiro atoms. The Morgan fingerprint density at radius 3 is 2.80 bits per heavy atom. The first-order valence-corrected chi connectivity index (χ1v) is 5.84. The number of hydroxylamine groups is 1. The van der Waals surface area contributed by atoms with Crippen molar-refractivity contribution >= 4 is 17.2 Å². The lowest BCUT2D eigenvalue weighted by atomic mass is 10.2. The van der Waals surface area contributed by atoms with Crippen molar-refractivity contribution in [2.45, 2.75) is 39.2 Å². The number of rotatable bonds is 4. The van der Waals surface area contributed by atoms with Gasteiger partial charge in [0.05, 0.1) is 5.60 Å². The van der Waals surface area contributed by atoms with E-state index in [-0.39, 0.29) is 11.5 Å². The van der Waals surface area contributed by atoms with Gasteiger partial charge in [-0.15, -0.1) is 11.3 Å². The Morgan fingerprint density at radius 1 is 1.53 bits per heavy atom. The van der Waals surface area contributed by atoms with Crippen LogP contribution in [0, 0.1) is 0 Å². The first-order valence-electron chi connectivity index (χ1n) is 4.96. The summed E-state index contributed by atoms with van der Waals surface area (Å²) < 4.78 is 0. The molecule has 1 heterocycles. The Labute approximate surface area is 94.4 Å². The van der Waals surface area contributed by atoms with Crippen molar-refractivity contribution in [2.24, 2.45) is 0 Å². The molecule has 0 aliphatic heterocycles. The monoisotopic (exact) mass is 227 g/mol. The van der Waals surface area contributed by atoms with Gasteiger partial charge < -0.3 is 0 Å². The molecular weight excluding hydrogens is 210 g/mol. The lowest BCUT2D eigenvalue weighted by molar-refractivity contribution is -0.145. The lowest BCUT2D eigenvalue weighted by Gasteiger charge is -2.18. The van der Waals surface area contributed by atoms with E-state index in [1.54, 1.807) is 11.3 Å². The number of hydrogen-bond acceptors (Lipinski definition) is 3. The van der Waals surface area contributed by atoms with Crippen molar-refractivity contribution in [1.82, 2.24) is 5.48 Å². The summed E-state index contributed by atoms with van der Waals surface area (Å²) >= 11 is 1.67. The van der Waals surface area contributed by atoms with E-state index < -0.39 is 0 Å². The highest BCUT2D eigenvalue weighted by Gasteiger charge is 2.12. The van der Waals surface area contributed by atoms with Crippen LogP contribution in [0.4, 0.5) is 0 Å². The molecule has 0 bridgehead atoms. The normalized spacial score (nSPS) is 11.4. The van der Waals surface area contributed by atoms with Gasteiger partial charge in [0.1, 0.15) is 0 Å². The number of carbonyl (C=O) groups excluding carboxylic acids is 1. The second kappa shape index (κ2) is 5.28. The van der Waals surface area contributed by atoms with Crippen LogP contribution in [0.5, 0.6) is 0 Å². The van der Waals surface area contributed by atoms with Gasteiger partial charge in [0.15, 0.2) is 0 Å². The third-order valence-electron chi connectivity index (χ3n) is 1.65. The first-order chi connectivity index (χ1) is 6.97. The number of thiophene rings is 1. The van der Waals surface area contributed by atoms with Gasteiger partial charge >= 0.3 is 0 Å². The maximum absolute atomic E-state index is 11.4. The zero-order chi connectivity index (χ0) is 11.3. The summed E-state index contributed by atoms with van der Waals surface area (Å²) in [6.07, 6.45) is 1.24. The Hall–Kier alpha value is -0.870. The van der Waals surface area contributed by atoms with Crippen LogP contribution in [-0.4, -0.2) is 11.5 Å². The molecule has 0 saturated carbocycles. The second-order valence-electron chi connectivity index (χ2n) is 4.32. The molecule has 0 atom stereocenters. The van der Waals surface area contributed by atoms with Crippen molar-refractivity contribution < 1.29 is 9.63 Å². The van der Waals surface area contributed by atoms with E-state index in [1.165, 1.54) is 4.88 Å². The third-order valence-corrected chi connectivity index (χ3v) is 2.59. The van der Waals surface area contributed by atoms with E-state index in [9.17, 15) is 4.79 Å². The van der Waals surface area contributed by atoms with Crippen molar-refractivity contribution in [3.63, 3.8) is 0 Å². The Kier molecular flexibility index (Phi) is 4.29. The molecule has 15 heavy (non-hydrogen) atoms. The average molecular weight is 227 g/mol. The molecule has 0 aromatic carbocycles. The summed E-state index contributed by atoms with van der Waals surface area (Å²) in [4.78, 5) is 17.7. The second-order valence-corrected chi connectivity index (χ2v) is 5.35. The smallest absolute Gasteiger partial charge is 0.243 e. The third kappa shape index (κ3) is 5.54. The molecule has 0 aliphatic rings. The topological polar surface area (TPSA) is 38.3 Å². The molecule has 1 N–H and O–H groups in total. The van der Waals surface area contributed by atoms with E-state index in [4.69, 9.17) is 4.84 Å². The summed E-state index contributed by atoms with van der Waals surface area (Å²) in [6, 6.07) is 4.02. The van der Waals surface area contributed by atoms with E-state index >= 15 is 0 Å². The van der Waals surface area contributed by atoms with Gasteiger partial charge in [0.2, 0.25) is 5.91 Å². The Balaban J connectivity index is 2.20. The van der Waals surface area contributed by atoms with E-state index in [0.717, 1.165) is 6.42 Å². The van der Waals surface area contributed by atoms with Gasteiger partial charge in [-0.1, -0.05) is 6.07 Å². The van der Waals surface area contributed by atoms with Crippen LogP contribution in [0.3, 0.4) is 0 Å². The molecule has 0 radical (unpaired) electrons. The SMILES string of the molecule is CC(C)(C)ONC(=O)CCc1cccs1. The quantitative estimate of drug-likeness (QED) is 0.803. The molecule has 1 amide bonds. The maximum atomic E-state index is 11.4. The zero-order valence-corrected chi connectivity index (χ0v) is 10.2. The van der Waals surface area contributed by atoms with Gasteiger partial charge in [-0.2, -0.15) is 0 Å². The lowest BCUT2D eigenvalue weighted by Crippen LogP contribution is -2.33. The molecule has 0 unspecified atom stereocenters. The summed E-state index contributed by atoms with van der Waals surface area (Å²) in [5.74, 6) is -0.0710. The van der Waals surface area contributed by atoms with E-state index in [0.29, 0.717) is 6.42 Å². The van der Waals surface area contributed by atoms with Crippen LogP contribution in [-0.2, 0) is 16.1 Å². The van der Waals surface area contributed by atoms with Gasteiger partial charge in [0.25, 0.3) is 0 Å². The largest absolute Gasteiger partial charge is 0.273 e. The van der Waals surface area contributed by atoms with E-state index in [1.807, 2.05) is 38.3 Å². The number of amides is 1. The van der Waals surface area contributed by atoms with Gasteiger partial charge in [-0.25, -0.2) is 5.48 Å². The zero-order valence-electron chi connectivity index (χ0n) is 9.37. The molecule has 1 aromatic rings. The molecule has 84 valence electrons. The van der Waals surface area contributed by atoms with Crippen molar-refractivity contribution in [3.05, 3.63) is 22.4 Å². The molecule has 1 aromatic heterocycles. The minimum Gasteiger partial charge on any atom is -0.273 e. The van der Waals surface area contributed by atoms with Gasteiger partial charge in [0, 0.05) is 11.3 Å². The fourth-order valence-corrected chi connectivity index (χ4v) is 1.66. The van der Waals surface area contributed by atoms with Crippen molar-refractivity contribution in [2.75, 3.05) is 0 Å². The number of hydrogen-bond donors (Lipinski definition) is 1. The average Bonchev–Trinajstić information content (AvgIpc) is 2.62. The van der Waals surface area contributed by atoms with Crippen LogP contribution < -0.4 is 5.48 Å². The van der Waals surface area contributed by atoms with Crippen molar-refractivity contribution in [3.8, 4) is 0 Å². The summed E-state index contributed by atoms with van der Waals surface area (Å²) in [6.45, 7) is 5.69. The summed E-state index contributed by atoms with van der Waals surface area (Å²) in [5.41, 5.74) is 2.12. The highest BCUT2D eigenvalue weighted by Crippen LogP contribution is 2.11. The molecular formula is C11H17NO2S. The fraction of sp³-hybridized carbons (Fsp3) is 0.545. The highest BCUT2D eigenvalue weighted by molar-refractivity contribution is 7.09. The van der Waals surface area contributed by atoms with Gasteiger partial charge in [-0.3, -0.25) is 9.63 Å². The van der Waals surface area contributed by atoms with Crippen LogP contribution in [0.25, 0.3) is 0 Å². The molecule has 0 saturated heterocycles. The fourth-order valence-electron chi connectivity index (χ4n) is 0.953. The minimum atomic E-state index is -0.335. The molecule has 0 aliphatic carbocycles. The standard InChI is InChI=1S/C11H17NO2S/c1-11(2,3)14-12-10(13)7-6-9-5-4-8-15-9/h4-5,8H,6-7H2,1-3H3,(H,12,13). The van der Waals surface area contributed by atoms with Crippen LogP contribution in [0.1, 0.15) is 32.1 Å². The van der Waals surface area contributed by atoms with E-state index in [2.05, 4.69) is 5.48 Å². The number of nitrogens with one attached hydrogen (secondary N) is 1. The van der Waals surface area contributed by atoms with Gasteiger partial charge in [-0.05, 0) is 38.6 Å². The minimum absolute atomic E-state index is 0.0710. The predicted octanol–water partition coefficient (Wildman–Crippen LogP) is 2.53. The molecule has 0 fully saturated rings. The Bertz CT molecular complexity index is 301. The number of aryl methyl sites for hydroxylation is 1. The van der Waals surface area contributed by atoms with Crippen LogP contribution in [0.15, 0.2) is 17.5 Å². The first kappa shape index (κ1) is 12.2. The molecule has 1 rings (SSSR count).